The lowest BCUT2D eigenvalue weighted by molar-refractivity contribution is 0.0973. The highest BCUT2D eigenvalue weighted by Gasteiger charge is 2.27. The van der Waals surface area contributed by atoms with Gasteiger partial charge in [0.1, 0.15) is 23.4 Å². The number of rotatable bonds is 3. The predicted molar refractivity (Wildman–Crippen MR) is 70.5 cm³/mol. The number of ketones is 1. The summed E-state index contributed by atoms with van der Waals surface area (Å²) in [5.74, 6) is -5.28. The summed E-state index contributed by atoms with van der Waals surface area (Å²) in [4.78, 5) is 12.2. The summed E-state index contributed by atoms with van der Waals surface area (Å²) in [7, 11) is 0. The molecule has 0 saturated heterocycles. The van der Waals surface area contributed by atoms with Crippen molar-refractivity contribution in [2.24, 2.45) is 0 Å². The van der Waals surface area contributed by atoms with E-state index in [-0.39, 0.29) is 10.6 Å². The van der Waals surface area contributed by atoms with E-state index in [1.807, 2.05) is 0 Å². The van der Waals surface area contributed by atoms with Gasteiger partial charge in [-0.25, -0.2) is 13.2 Å². The number of Topliss-reactive ketones (excluding diaryl/α,β-unsaturated/α-hetero) is 1. The third kappa shape index (κ3) is 3.06. The Labute approximate surface area is 123 Å². The summed E-state index contributed by atoms with van der Waals surface area (Å²) < 4.78 is 40.2. The maximum absolute atomic E-state index is 13.7. The average Bonchev–Trinajstić information content (AvgIpc) is 2.44. The molecule has 0 heterocycles. The third-order valence-electron chi connectivity index (χ3n) is 2.86. The molecular weight excluding hydrogens is 303 g/mol. The van der Waals surface area contributed by atoms with Crippen molar-refractivity contribution in [1.29, 1.82) is 5.26 Å². The molecule has 2 rings (SSSR count). The van der Waals surface area contributed by atoms with E-state index in [2.05, 4.69) is 0 Å². The fourth-order valence-electron chi connectivity index (χ4n) is 1.85. The highest BCUT2D eigenvalue weighted by molar-refractivity contribution is 6.31. The van der Waals surface area contributed by atoms with Gasteiger partial charge < -0.3 is 0 Å². The van der Waals surface area contributed by atoms with Gasteiger partial charge in [0, 0.05) is 16.7 Å². The van der Waals surface area contributed by atoms with Crippen molar-refractivity contribution >= 4 is 17.4 Å². The van der Waals surface area contributed by atoms with Gasteiger partial charge in [0.25, 0.3) is 0 Å². The quantitative estimate of drug-likeness (QED) is 0.795. The van der Waals surface area contributed by atoms with E-state index in [1.54, 1.807) is 6.07 Å². The molecule has 1 atom stereocenters. The van der Waals surface area contributed by atoms with E-state index in [0.717, 1.165) is 24.3 Å². The molecule has 0 aromatic heterocycles. The first kappa shape index (κ1) is 15.1. The van der Waals surface area contributed by atoms with E-state index in [9.17, 15) is 18.0 Å². The summed E-state index contributed by atoms with van der Waals surface area (Å²) in [6.07, 6.45) is 0. The summed E-state index contributed by atoms with van der Waals surface area (Å²) in [5, 5.41) is 9.19. The fraction of sp³-hybridized carbons (Fsp3) is 0.0667. The lowest BCUT2D eigenvalue weighted by Gasteiger charge is -2.10. The molecule has 0 aliphatic rings. The van der Waals surface area contributed by atoms with E-state index in [4.69, 9.17) is 16.9 Å². The molecule has 2 nitrogen and oxygen atoms in total. The van der Waals surface area contributed by atoms with E-state index >= 15 is 0 Å². The van der Waals surface area contributed by atoms with E-state index < -0.39 is 34.7 Å². The second-order valence-electron chi connectivity index (χ2n) is 4.22. The van der Waals surface area contributed by atoms with Gasteiger partial charge in [-0.05, 0) is 24.3 Å². The van der Waals surface area contributed by atoms with Crippen molar-refractivity contribution in [2.45, 2.75) is 5.92 Å². The van der Waals surface area contributed by atoms with Crippen LogP contribution in [0.15, 0.2) is 36.4 Å². The van der Waals surface area contributed by atoms with Crippen LogP contribution in [-0.2, 0) is 0 Å². The van der Waals surface area contributed by atoms with Crippen LogP contribution in [0.1, 0.15) is 21.8 Å². The number of nitriles is 1. The van der Waals surface area contributed by atoms with Gasteiger partial charge in [0.15, 0.2) is 5.78 Å². The van der Waals surface area contributed by atoms with Crippen molar-refractivity contribution in [3.63, 3.8) is 0 Å². The van der Waals surface area contributed by atoms with Crippen molar-refractivity contribution < 1.29 is 18.0 Å². The number of carbonyl (C=O) groups excluding carboxylic acids is 1. The Morgan fingerprint density at radius 3 is 2.43 bits per heavy atom. The van der Waals surface area contributed by atoms with E-state index in [1.165, 1.54) is 6.07 Å². The number of halogens is 4. The molecule has 0 spiro atoms. The second-order valence-corrected chi connectivity index (χ2v) is 4.65. The van der Waals surface area contributed by atoms with Crippen LogP contribution in [0.5, 0.6) is 0 Å². The number of nitrogens with zero attached hydrogens (tertiary/aromatic N) is 1. The van der Waals surface area contributed by atoms with Crippen LogP contribution < -0.4 is 0 Å². The molecule has 1 unspecified atom stereocenters. The molecule has 2 aromatic carbocycles. The van der Waals surface area contributed by atoms with Crippen molar-refractivity contribution in [3.05, 3.63) is 70.0 Å². The lowest BCUT2D eigenvalue weighted by Crippen LogP contribution is -2.14. The van der Waals surface area contributed by atoms with Gasteiger partial charge in [-0.2, -0.15) is 5.26 Å². The summed E-state index contributed by atoms with van der Waals surface area (Å²) >= 11 is 5.68. The molecule has 0 aliphatic carbocycles. The Morgan fingerprint density at radius 1 is 1.10 bits per heavy atom. The Morgan fingerprint density at radius 2 is 1.81 bits per heavy atom. The maximum Gasteiger partial charge on any atom is 0.187 e. The van der Waals surface area contributed by atoms with Gasteiger partial charge in [0.2, 0.25) is 0 Å². The second kappa shape index (κ2) is 5.98. The van der Waals surface area contributed by atoms with Gasteiger partial charge in [-0.1, -0.05) is 17.7 Å². The molecule has 106 valence electrons. The first-order valence-electron chi connectivity index (χ1n) is 5.78. The van der Waals surface area contributed by atoms with Crippen LogP contribution in [-0.4, -0.2) is 5.78 Å². The van der Waals surface area contributed by atoms with E-state index in [0.29, 0.717) is 6.07 Å². The van der Waals surface area contributed by atoms with Crippen molar-refractivity contribution in [1.82, 2.24) is 0 Å². The van der Waals surface area contributed by atoms with Crippen molar-refractivity contribution in [3.8, 4) is 6.07 Å². The smallest absolute Gasteiger partial charge is 0.187 e. The first-order chi connectivity index (χ1) is 9.93. The van der Waals surface area contributed by atoms with Crippen LogP contribution in [0.2, 0.25) is 5.02 Å². The number of hydrogen-bond donors (Lipinski definition) is 0. The zero-order valence-corrected chi connectivity index (χ0v) is 11.2. The molecule has 0 bridgehead atoms. The Bertz CT molecular complexity index is 755. The molecule has 0 radical (unpaired) electrons. The topological polar surface area (TPSA) is 40.9 Å². The summed E-state index contributed by atoms with van der Waals surface area (Å²) in [6.45, 7) is 0. The Balaban J connectivity index is 2.49. The minimum Gasteiger partial charge on any atom is -0.292 e. The molecule has 21 heavy (non-hydrogen) atoms. The highest BCUT2D eigenvalue weighted by atomic mass is 35.5. The summed E-state index contributed by atoms with van der Waals surface area (Å²) in [6, 6.07) is 7.35. The van der Waals surface area contributed by atoms with Gasteiger partial charge in [0.05, 0.1) is 11.6 Å². The predicted octanol–water partition coefficient (Wildman–Crippen LogP) is 4.25. The average molecular weight is 310 g/mol. The minimum atomic E-state index is -1.58. The molecule has 6 heteroatoms. The Kier molecular flexibility index (Phi) is 4.29. The molecule has 2 aromatic rings. The van der Waals surface area contributed by atoms with Gasteiger partial charge in [-0.15, -0.1) is 0 Å². The van der Waals surface area contributed by atoms with Crippen LogP contribution in [0.4, 0.5) is 13.2 Å². The lowest BCUT2D eigenvalue weighted by atomic mass is 9.91. The Hall–Kier alpha value is -2.32. The maximum atomic E-state index is 13.7. The van der Waals surface area contributed by atoms with Crippen LogP contribution in [0.25, 0.3) is 0 Å². The molecule has 0 N–H and O–H groups in total. The fourth-order valence-corrected chi connectivity index (χ4v) is 2.02. The standard InChI is InChI=1S/C15H7ClF3NO/c16-8-1-4-13(18)11(5-8)15(21)12(7-20)10-3-2-9(17)6-14(10)19/h1-6,12H. The third-order valence-corrected chi connectivity index (χ3v) is 3.09. The molecule has 0 saturated carbocycles. The number of hydrogen-bond acceptors (Lipinski definition) is 2. The zero-order valence-electron chi connectivity index (χ0n) is 10.4. The minimum absolute atomic E-state index is 0.107. The van der Waals surface area contributed by atoms with Crippen LogP contribution >= 0.6 is 11.6 Å². The van der Waals surface area contributed by atoms with Crippen molar-refractivity contribution in [2.75, 3.05) is 0 Å². The molecule has 0 amide bonds. The SMILES string of the molecule is N#CC(C(=O)c1cc(Cl)ccc1F)c1ccc(F)cc1F. The summed E-state index contributed by atoms with van der Waals surface area (Å²) in [5.41, 5.74) is -0.735. The monoisotopic (exact) mass is 309 g/mol. The highest BCUT2D eigenvalue weighted by Crippen LogP contribution is 2.26. The number of carbonyl (C=O) groups is 1. The molecule has 0 fully saturated rings. The normalized spacial score (nSPS) is 11.8. The van der Waals surface area contributed by atoms with Crippen LogP contribution in [0.3, 0.4) is 0 Å². The number of benzene rings is 2. The van der Waals surface area contributed by atoms with Gasteiger partial charge in [-0.3, -0.25) is 4.79 Å². The van der Waals surface area contributed by atoms with Gasteiger partial charge >= 0.3 is 0 Å². The first-order valence-corrected chi connectivity index (χ1v) is 6.15. The molecule has 0 aliphatic heterocycles. The van der Waals surface area contributed by atoms with Crippen LogP contribution in [0, 0.1) is 28.8 Å². The largest absolute Gasteiger partial charge is 0.292 e. The molecular formula is C15H7ClF3NO. The zero-order chi connectivity index (χ0) is 15.6.